The number of hydrogen-bond acceptors (Lipinski definition) is 5. The predicted octanol–water partition coefficient (Wildman–Crippen LogP) is 4.28. The number of piperidine rings is 1. The van der Waals surface area contributed by atoms with Crippen LogP contribution in [0.4, 0.5) is 11.5 Å². The van der Waals surface area contributed by atoms with Gasteiger partial charge in [0.15, 0.2) is 0 Å². The second-order valence-corrected chi connectivity index (χ2v) is 8.57. The van der Waals surface area contributed by atoms with Gasteiger partial charge in [-0.3, -0.25) is 14.3 Å². The molecule has 5 rings (SSSR count). The summed E-state index contributed by atoms with van der Waals surface area (Å²) in [6, 6.07) is 18.5. The monoisotopic (exact) mass is 466 g/mol. The molecule has 0 aliphatic carbocycles. The van der Waals surface area contributed by atoms with Crippen LogP contribution in [0.15, 0.2) is 79.5 Å². The topological polar surface area (TPSA) is 106 Å². The lowest BCUT2D eigenvalue weighted by atomic mass is 10.0. The average Bonchev–Trinajstić information content (AvgIpc) is 3.30. The van der Waals surface area contributed by atoms with Crippen LogP contribution in [0.25, 0.3) is 22.2 Å². The molecule has 3 N–H and O–H groups in total. The molecule has 176 valence electrons. The van der Waals surface area contributed by atoms with Crippen LogP contribution in [0.2, 0.25) is 0 Å². The molecule has 0 bridgehead atoms. The number of pyridine rings is 1. The third kappa shape index (κ3) is 4.38. The number of benzene rings is 2. The normalized spacial score (nSPS) is 15.7. The molecule has 1 atom stereocenters. The largest absolute Gasteiger partial charge is 0.383 e. The number of para-hydroxylation sites is 1. The second kappa shape index (κ2) is 9.42. The Morgan fingerprint density at radius 1 is 1.09 bits per heavy atom. The van der Waals surface area contributed by atoms with Crippen LogP contribution >= 0.6 is 0 Å². The number of nitrogens with two attached hydrogens (primary N) is 1. The molecule has 8 nitrogen and oxygen atoms in total. The zero-order valence-corrected chi connectivity index (χ0v) is 19.2. The standard InChI is InChI=1S/C27H26N6O2/c1-2-23(34)32-16-6-9-21(17-32)33-22-14-15-29-26(28)24(22)25(31-33)18-10-12-19(13-11-18)27(35)30-20-7-4-3-5-8-20/h2-5,7-8,10-15,21H,1,6,9,16-17H2,(H2,28,29)(H,30,35)/t21-/m1/s1. The van der Waals surface area contributed by atoms with Crippen LogP contribution < -0.4 is 11.1 Å². The van der Waals surface area contributed by atoms with Crippen molar-refractivity contribution in [2.45, 2.75) is 18.9 Å². The molecule has 35 heavy (non-hydrogen) atoms. The summed E-state index contributed by atoms with van der Waals surface area (Å²) in [7, 11) is 0. The van der Waals surface area contributed by atoms with Gasteiger partial charge < -0.3 is 16.0 Å². The van der Waals surface area contributed by atoms with Crippen molar-refractivity contribution >= 4 is 34.2 Å². The fraction of sp³-hybridized carbons (Fsp3) is 0.185. The zero-order valence-electron chi connectivity index (χ0n) is 19.2. The molecule has 2 amide bonds. The number of carbonyl (C=O) groups is 2. The van der Waals surface area contributed by atoms with Gasteiger partial charge in [-0.15, -0.1) is 0 Å². The number of nitrogens with one attached hydrogen (secondary N) is 1. The van der Waals surface area contributed by atoms with Gasteiger partial charge in [0, 0.05) is 36.1 Å². The van der Waals surface area contributed by atoms with Crippen molar-refractivity contribution in [1.29, 1.82) is 0 Å². The average molecular weight is 467 g/mol. The first-order chi connectivity index (χ1) is 17.0. The summed E-state index contributed by atoms with van der Waals surface area (Å²) in [5.74, 6) is 0.134. The van der Waals surface area contributed by atoms with E-state index in [2.05, 4.69) is 16.9 Å². The number of aromatic nitrogens is 3. The van der Waals surface area contributed by atoms with Crippen molar-refractivity contribution < 1.29 is 9.59 Å². The molecule has 2 aromatic carbocycles. The lowest BCUT2D eigenvalue weighted by Gasteiger charge is -2.32. The molecule has 0 saturated carbocycles. The van der Waals surface area contributed by atoms with E-state index in [4.69, 9.17) is 10.8 Å². The van der Waals surface area contributed by atoms with E-state index in [0.29, 0.717) is 30.2 Å². The summed E-state index contributed by atoms with van der Waals surface area (Å²) >= 11 is 0. The van der Waals surface area contributed by atoms with Gasteiger partial charge in [0.05, 0.1) is 16.9 Å². The minimum atomic E-state index is -0.187. The Labute approximate surface area is 203 Å². The first-order valence-corrected chi connectivity index (χ1v) is 11.6. The van der Waals surface area contributed by atoms with E-state index in [1.165, 1.54) is 6.08 Å². The Kier molecular flexibility index (Phi) is 6.01. The van der Waals surface area contributed by atoms with E-state index < -0.39 is 0 Å². The molecule has 4 aromatic rings. The van der Waals surface area contributed by atoms with E-state index >= 15 is 0 Å². The number of carbonyl (C=O) groups excluding carboxylic acids is 2. The molecule has 0 radical (unpaired) electrons. The van der Waals surface area contributed by atoms with Gasteiger partial charge in [0.1, 0.15) is 11.5 Å². The van der Waals surface area contributed by atoms with Crippen molar-refractivity contribution in [2.24, 2.45) is 0 Å². The van der Waals surface area contributed by atoms with Gasteiger partial charge in [0.25, 0.3) is 5.91 Å². The maximum Gasteiger partial charge on any atom is 0.255 e. The zero-order chi connectivity index (χ0) is 24.4. The van der Waals surface area contributed by atoms with Crippen LogP contribution in [0.3, 0.4) is 0 Å². The van der Waals surface area contributed by atoms with Crippen molar-refractivity contribution in [1.82, 2.24) is 19.7 Å². The Morgan fingerprint density at radius 2 is 1.86 bits per heavy atom. The SMILES string of the molecule is C=CC(=O)N1CCC[C@@H](n2nc(-c3ccc(C(=O)Nc4ccccc4)cc3)c3c(N)nccc32)C1. The molecule has 1 aliphatic heterocycles. The summed E-state index contributed by atoms with van der Waals surface area (Å²) in [5.41, 5.74) is 9.98. The molecule has 0 unspecified atom stereocenters. The number of nitrogens with zero attached hydrogens (tertiary/aromatic N) is 4. The number of fused-ring (bicyclic) bond motifs is 1. The number of nitrogen functional groups attached to an aromatic ring is 1. The van der Waals surface area contributed by atoms with Crippen LogP contribution in [-0.2, 0) is 4.79 Å². The third-order valence-electron chi connectivity index (χ3n) is 6.33. The molecular weight excluding hydrogens is 440 g/mol. The highest BCUT2D eigenvalue weighted by molar-refractivity contribution is 6.05. The minimum Gasteiger partial charge on any atom is -0.383 e. The van der Waals surface area contributed by atoms with E-state index in [1.54, 1.807) is 23.2 Å². The van der Waals surface area contributed by atoms with Gasteiger partial charge in [-0.1, -0.05) is 36.9 Å². The number of hydrogen-bond donors (Lipinski definition) is 2. The fourth-order valence-electron chi connectivity index (χ4n) is 4.58. The molecule has 3 heterocycles. The quantitative estimate of drug-likeness (QED) is 0.427. The van der Waals surface area contributed by atoms with Crippen molar-refractivity contribution in [2.75, 3.05) is 24.1 Å². The maximum atomic E-state index is 12.6. The predicted molar refractivity (Wildman–Crippen MR) is 137 cm³/mol. The second-order valence-electron chi connectivity index (χ2n) is 8.57. The Morgan fingerprint density at radius 3 is 2.60 bits per heavy atom. The van der Waals surface area contributed by atoms with Crippen LogP contribution in [0, 0.1) is 0 Å². The Balaban J connectivity index is 1.47. The molecule has 2 aromatic heterocycles. The number of amides is 2. The molecular formula is C27H26N6O2. The summed E-state index contributed by atoms with van der Waals surface area (Å²) in [4.78, 5) is 30.9. The first kappa shape index (κ1) is 22.3. The highest BCUT2D eigenvalue weighted by Crippen LogP contribution is 2.34. The third-order valence-corrected chi connectivity index (χ3v) is 6.33. The van der Waals surface area contributed by atoms with Gasteiger partial charge >= 0.3 is 0 Å². The van der Waals surface area contributed by atoms with Gasteiger partial charge in [-0.2, -0.15) is 5.10 Å². The molecule has 1 aliphatic rings. The Hall–Kier alpha value is -4.46. The highest BCUT2D eigenvalue weighted by atomic mass is 16.2. The summed E-state index contributed by atoms with van der Waals surface area (Å²) in [5, 5.41) is 8.60. The highest BCUT2D eigenvalue weighted by Gasteiger charge is 2.27. The van der Waals surface area contributed by atoms with E-state index in [9.17, 15) is 9.59 Å². The molecule has 1 fully saturated rings. The molecule has 8 heteroatoms. The van der Waals surface area contributed by atoms with Crippen molar-refractivity contribution in [3.63, 3.8) is 0 Å². The van der Waals surface area contributed by atoms with Gasteiger partial charge in [0.2, 0.25) is 5.91 Å². The fourth-order valence-corrected chi connectivity index (χ4v) is 4.58. The first-order valence-electron chi connectivity index (χ1n) is 11.6. The summed E-state index contributed by atoms with van der Waals surface area (Å²) in [6.45, 7) is 4.88. The van der Waals surface area contributed by atoms with Crippen LogP contribution in [0.5, 0.6) is 0 Å². The maximum absolute atomic E-state index is 12.6. The number of anilines is 2. The van der Waals surface area contributed by atoms with Gasteiger partial charge in [-0.25, -0.2) is 4.98 Å². The summed E-state index contributed by atoms with van der Waals surface area (Å²) < 4.78 is 1.96. The number of likely N-dealkylation sites (tertiary alicyclic amines) is 1. The van der Waals surface area contributed by atoms with E-state index in [1.807, 2.05) is 53.2 Å². The summed E-state index contributed by atoms with van der Waals surface area (Å²) in [6.07, 6.45) is 4.81. The van der Waals surface area contributed by atoms with Crippen molar-refractivity contribution in [3.8, 4) is 11.3 Å². The van der Waals surface area contributed by atoms with Crippen molar-refractivity contribution in [3.05, 3.63) is 85.1 Å². The van der Waals surface area contributed by atoms with E-state index in [0.717, 1.165) is 35.0 Å². The lowest BCUT2D eigenvalue weighted by Crippen LogP contribution is -2.40. The van der Waals surface area contributed by atoms with Crippen LogP contribution in [-0.4, -0.2) is 44.6 Å². The van der Waals surface area contributed by atoms with E-state index in [-0.39, 0.29) is 17.9 Å². The van der Waals surface area contributed by atoms with Gasteiger partial charge in [-0.05, 0) is 49.2 Å². The molecule has 0 spiro atoms. The van der Waals surface area contributed by atoms with Crippen LogP contribution in [0.1, 0.15) is 29.2 Å². The lowest BCUT2D eigenvalue weighted by molar-refractivity contribution is -0.127. The Bertz CT molecular complexity index is 1390. The molecule has 1 saturated heterocycles. The minimum absolute atomic E-state index is 0.0154. The smallest absolute Gasteiger partial charge is 0.255 e. The number of rotatable bonds is 5.